The molecule has 1 nitrogen and oxygen atoms in total. The van der Waals surface area contributed by atoms with E-state index in [4.69, 9.17) is 5.73 Å². The summed E-state index contributed by atoms with van der Waals surface area (Å²) < 4.78 is 0. The second-order valence-corrected chi connectivity index (χ2v) is 2.59. The van der Waals surface area contributed by atoms with E-state index in [1.165, 1.54) is 0 Å². The predicted octanol–water partition coefficient (Wildman–Crippen LogP) is 2.94. The molecule has 1 aromatic rings. The number of benzene rings is 1. The Hall–Kier alpha value is -1.50. The number of anilines is 1. The van der Waals surface area contributed by atoms with E-state index < -0.39 is 0 Å². The number of rotatable bonds is 2. The molecular formula is C11H13N. The molecule has 1 rings (SSSR count). The fourth-order valence-corrected chi connectivity index (χ4v) is 1.10. The van der Waals surface area contributed by atoms with Crippen LogP contribution in [-0.4, -0.2) is 0 Å². The zero-order chi connectivity index (χ0) is 8.97. The van der Waals surface area contributed by atoms with Gasteiger partial charge in [0.25, 0.3) is 0 Å². The van der Waals surface area contributed by atoms with Gasteiger partial charge in [-0.2, -0.15) is 0 Å². The summed E-state index contributed by atoms with van der Waals surface area (Å²) in [6.45, 7) is 5.71. The Balaban J connectivity index is 3.19. The Bertz CT molecular complexity index is 311. The van der Waals surface area contributed by atoms with Gasteiger partial charge in [-0.1, -0.05) is 30.9 Å². The second kappa shape index (κ2) is 3.77. The van der Waals surface area contributed by atoms with Gasteiger partial charge in [0.1, 0.15) is 0 Å². The average molecular weight is 159 g/mol. The predicted molar refractivity (Wildman–Crippen MR) is 55.7 cm³/mol. The van der Waals surface area contributed by atoms with Crippen LogP contribution in [0.2, 0.25) is 0 Å². The Kier molecular flexibility index (Phi) is 2.70. The number of hydrogen-bond acceptors (Lipinski definition) is 1. The summed E-state index contributed by atoms with van der Waals surface area (Å²) in [6, 6.07) is 5.80. The maximum Gasteiger partial charge on any atom is 0.0320 e. The molecule has 0 aliphatic rings. The van der Waals surface area contributed by atoms with E-state index in [0.717, 1.165) is 16.8 Å². The van der Waals surface area contributed by atoms with Gasteiger partial charge in [-0.05, 0) is 30.2 Å². The average Bonchev–Trinajstić information content (AvgIpc) is 2.08. The third kappa shape index (κ3) is 1.76. The molecule has 0 bridgehead atoms. The molecule has 0 spiro atoms. The van der Waals surface area contributed by atoms with Crippen LogP contribution in [0.5, 0.6) is 0 Å². The van der Waals surface area contributed by atoms with Crippen LogP contribution in [0, 0.1) is 0 Å². The molecule has 0 aliphatic heterocycles. The summed E-state index contributed by atoms with van der Waals surface area (Å²) in [5, 5.41) is 0. The van der Waals surface area contributed by atoms with Gasteiger partial charge in [-0.25, -0.2) is 0 Å². The van der Waals surface area contributed by atoms with Crippen molar-refractivity contribution in [2.75, 3.05) is 5.73 Å². The molecule has 0 fully saturated rings. The van der Waals surface area contributed by atoms with Crippen molar-refractivity contribution in [2.45, 2.75) is 6.92 Å². The molecule has 1 heteroatoms. The van der Waals surface area contributed by atoms with Crippen molar-refractivity contribution in [3.05, 3.63) is 42.0 Å². The van der Waals surface area contributed by atoms with Gasteiger partial charge in [0.05, 0.1) is 0 Å². The van der Waals surface area contributed by atoms with Crippen LogP contribution in [0.15, 0.2) is 30.9 Å². The zero-order valence-corrected chi connectivity index (χ0v) is 7.25. The molecule has 0 atom stereocenters. The minimum Gasteiger partial charge on any atom is -0.399 e. The first-order valence-electron chi connectivity index (χ1n) is 3.92. The third-order valence-corrected chi connectivity index (χ3v) is 1.68. The van der Waals surface area contributed by atoms with Crippen molar-refractivity contribution < 1.29 is 0 Å². The lowest BCUT2D eigenvalue weighted by Crippen LogP contribution is -1.87. The van der Waals surface area contributed by atoms with Crippen LogP contribution >= 0.6 is 0 Å². The van der Waals surface area contributed by atoms with Gasteiger partial charge in [0.2, 0.25) is 0 Å². The molecule has 0 saturated heterocycles. The monoisotopic (exact) mass is 159 g/mol. The van der Waals surface area contributed by atoms with Crippen molar-refractivity contribution in [2.24, 2.45) is 0 Å². The van der Waals surface area contributed by atoms with Crippen LogP contribution in [-0.2, 0) is 0 Å². The molecule has 12 heavy (non-hydrogen) atoms. The van der Waals surface area contributed by atoms with Gasteiger partial charge in [-0.15, -0.1) is 0 Å². The number of hydrogen-bond donors (Lipinski definition) is 1. The molecule has 1 aromatic carbocycles. The SMILES string of the molecule is C=Cc1cc(N)ccc1/C=C\C. The van der Waals surface area contributed by atoms with Crippen molar-refractivity contribution in [3.63, 3.8) is 0 Å². The second-order valence-electron chi connectivity index (χ2n) is 2.59. The first-order chi connectivity index (χ1) is 5.77. The summed E-state index contributed by atoms with van der Waals surface area (Å²) in [6.07, 6.45) is 5.85. The smallest absolute Gasteiger partial charge is 0.0320 e. The summed E-state index contributed by atoms with van der Waals surface area (Å²) in [5.74, 6) is 0. The minimum atomic E-state index is 0.776. The quantitative estimate of drug-likeness (QED) is 0.660. The van der Waals surface area contributed by atoms with Crippen LogP contribution in [0.3, 0.4) is 0 Å². The first-order valence-corrected chi connectivity index (χ1v) is 3.92. The van der Waals surface area contributed by atoms with E-state index in [1.54, 1.807) is 0 Å². The number of nitrogen functional groups attached to an aromatic ring is 1. The van der Waals surface area contributed by atoms with E-state index in [1.807, 2.05) is 43.4 Å². The van der Waals surface area contributed by atoms with Crippen molar-refractivity contribution >= 4 is 17.8 Å². The van der Waals surface area contributed by atoms with E-state index in [0.29, 0.717) is 0 Å². The highest BCUT2D eigenvalue weighted by Gasteiger charge is 1.94. The van der Waals surface area contributed by atoms with Crippen LogP contribution in [0.4, 0.5) is 5.69 Å². The summed E-state index contributed by atoms with van der Waals surface area (Å²) in [4.78, 5) is 0. The van der Waals surface area contributed by atoms with Crippen LogP contribution < -0.4 is 5.73 Å². The lowest BCUT2D eigenvalue weighted by molar-refractivity contribution is 1.59. The Morgan fingerprint density at radius 3 is 2.67 bits per heavy atom. The largest absolute Gasteiger partial charge is 0.399 e. The molecule has 0 heterocycles. The summed E-state index contributed by atoms with van der Waals surface area (Å²) in [7, 11) is 0. The lowest BCUT2D eigenvalue weighted by Gasteiger charge is -2.01. The molecule has 2 N–H and O–H groups in total. The Morgan fingerprint density at radius 2 is 2.08 bits per heavy atom. The lowest BCUT2D eigenvalue weighted by atomic mass is 10.1. The molecular weight excluding hydrogens is 146 g/mol. The van der Waals surface area contributed by atoms with Gasteiger partial charge >= 0.3 is 0 Å². The number of allylic oxidation sites excluding steroid dienone is 1. The Morgan fingerprint density at radius 1 is 1.33 bits per heavy atom. The standard InChI is InChI=1S/C11H13N/c1-3-5-10-6-7-11(12)8-9(10)4-2/h3-8H,2,12H2,1H3/b5-3-. The maximum atomic E-state index is 5.63. The fraction of sp³-hybridized carbons (Fsp3) is 0.0909. The molecule has 0 amide bonds. The highest BCUT2D eigenvalue weighted by Crippen LogP contribution is 2.15. The fourth-order valence-electron chi connectivity index (χ4n) is 1.10. The molecule has 0 radical (unpaired) electrons. The summed E-state index contributed by atoms with van der Waals surface area (Å²) >= 11 is 0. The highest BCUT2D eigenvalue weighted by molar-refractivity contribution is 5.67. The summed E-state index contributed by atoms with van der Waals surface area (Å²) in [5.41, 5.74) is 8.63. The van der Waals surface area contributed by atoms with E-state index in [2.05, 4.69) is 6.58 Å². The van der Waals surface area contributed by atoms with E-state index in [-0.39, 0.29) is 0 Å². The van der Waals surface area contributed by atoms with Gasteiger partial charge in [0.15, 0.2) is 0 Å². The number of nitrogens with two attached hydrogens (primary N) is 1. The Labute approximate surface area is 73.2 Å². The molecule has 0 aliphatic carbocycles. The van der Waals surface area contributed by atoms with Gasteiger partial charge in [0, 0.05) is 5.69 Å². The molecule has 0 unspecified atom stereocenters. The van der Waals surface area contributed by atoms with Crippen LogP contribution in [0.25, 0.3) is 12.2 Å². The first kappa shape index (κ1) is 8.60. The van der Waals surface area contributed by atoms with Gasteiger partial charge in [-0.3, -0.25) is 0 Å². The zero-order valence-electron chi connectivity index (χ0n) is 7.25. The molecule has 0 saturated carbocycles. The van der Waals surface area contributed by atoms with Crippen molar-refractivity contribution in [1.82, 2.24) is 0 Å². The molecule has 62 valence electrons. The van der Waals surface area contributed by atoms with Crippen molar-refractivity contribution in [3.8, 4) is 0 Å². The topological polar surface area (TPSA) is 26.0 Å². The minimum absolute atomic E-state index is 0.776. The van der Waals surface area contributed by atoms with Gasteiger partial charge < -0.3 is 5.73 Å². The molecule has 0 aromatic heterocycles. The maximum absolute atomic E-state index is 5.63. The highest BCUT2D eigenvalue weighted by atomic mass is 14.5. The van der Waals surface area contributed by atoms with Crippen LogP contribution in [0.1, 0.15) is 18.1 Å². The van der Waals surface area contributed by atoms with E-state index >= 15 is 0 Å². The third-order valence-electron chi connectivity index (χ3n) is 1.68. The van der Waals surface area contributed by atoms with Crippen molar-refractivity contribution in [1.29, 1.82) is 0 Å². The normalized spacial score (nSPS) is 10.4. The van der Waals surface area contributed by atoms with E-state index in [9.17, 15) is 0 Å².